The fourth-order valence-electron chi connectivity index (χ4n) is 3.02. The lowest BCUT2D eigenvalue weighted by Crippen LogP contribution is -2.41. The molecule has 7 nitrogen and oxygen atoms in total. The van der Waals surface area contributed by atoms with Gasteiger partial charge in [-0.3, -0.25) is 9.69 Å². The summed E-state index contributed by atoms with van der Waals surface area (Å²) in [7, 11) is 0. The van der Waals surface area contributed by atoms with Crippen LogP contribution in [0.15, 0.2) is 22.8 Å². The van der Waals surface area contributed by atoms with E-state index in [4.69, 9.17) is 9.15 Å². The van der Waals surface area contributed by atoms with E-state index in [1.807, 2.05) is 35.4 Å². The second-order valence-corrected chi connectivity index (χ2v) is 6.15. The molecule has 1 aliphatic heterocycles. The van der Waals surface area contributed by atoms with E-state index < -0.39 is 0 Å². The standard InChI is InChI=1S/C18H22N4O3/c1-13-14(2)22(11-15-4-3-7-25-15)18(16(13)10-19)20-17(23)12-21-5-8-24-9-6-21/h3-4,7H,5-6,8-9,11-12H2,1-2H3,(H,20,23). The van der Waals surface area contributed by atoms with Crippen LogP contribution >= 0.6 is 0 Å². The topological polar surface area (TPSA) is 83.4 Å². The summed E-state index contributed by atoms with van der Waals surface area (Å²) in [5.41, 5.74) is 2.31. The van der Waals surface area contributed by atoms with Gasteiger partial charge < -0.3 is 19.0 Å². The first-order valence-corrected chi connectivity index (χ1v) is 8.32. The molecule has 3 heterocycles. The molecule has 0 bridgehead atoms. The van der Waals surface area contributed by atoms with Crippen molar-refractivity contribution in [1.82, 2.24) is 9.47 Å². The number of carbonyl (C=O) groups is 1. The molecule has 0 aromatic carbocycles. The first-order valence-electron chi connectivity index (χ1n) is 8.32. The van der Waals surface area contributed by atoms with Crippen molar-refractivity contribution in [2.45, 2.75) is 20.4 Å². The van der Waals surface area contributed by atoms with Gasteiger partial charge in [0.2, 0.25) is 5.91 Å². The maximum atomic E-state index is 12.5. The predicted molar refractivity (Wildman–Crippen MR) is 92.3 cm³/mol. The molecule has 1 saturated heterocycles. The summed E-state index contributed by atoms with van der Waals surface area (Å²) in [4.78, 5) is 14.5. The van der Waals surface area contributed by atoms with Crippen molar-refractivity contribution in [3.8, 4) is 6.07 Å². The van der Waals surface area contributed by atoms with Crippen LogP contribution in [0, 0.1) is 25.2 Å². The molecular formula is C18H22N4O3. The van der Waals surface area contributed by atoms with Gasteiger partial charge in [0.25, 0.3) is 0 Å². The predicted octanol–water partition coefficient (Wildman–Crippen LogP) is 1.89. The molecule has 1 aliphatic rings. The zero-order valence-corrected chi connectivity index (χ0v) is 14.5. The molecule has 0 unspecified atom stereocenters. The van der Waals surface area contributed by atoms with E-state index >= 15 is 0 Å². The van der Waals surface area contributed by atoms with Crippen molar-refractivity contribution in [3.63, 3.8) is 0 Å². The summed E-state index contributed by atoms with van der Waals surface area (Å²) >= 11 is 0. The van der Waals surface area contributed by atoms with E-state index in [1.54, 1.807) is 6.26 Å². The van der Waals surface area contributed by atoms with Gasteiger partial charge in [0, 0.05) is 18.8 Å². The van der Waals surface area contributed by atoms with E-state index in [1.165, 1.54) is 0 Å². The quantitative estimate of drug-likeness (QED) is 0.897. The Hall–Kier alpha value is -2.56. The smallest absolute Gasteiger partial charge is 0.239 e. The number of furan rings is 1. The third kappa shape index (κ3) is 3.76. The lowest BCUT2D eigenvalue weighted by Gasteiger charge is -2.25. The van der Waals surface area contributed by atoms with Crippen molar-refractivity contribution in [2.24, 2.45) is 0 Å². The van der Waals surface area contributed by atoms with Gasteiger partial charge in [-0.1, -0.05) is 0 Å². The van der Waals surface area contributed by atoms with Gasteiger partial charge in [-0.25, -0.2) is 0 Å². The third-order valence-electron chi connectivity index (χ3n) is 4.56. The number of anilines is 1. The van der Waals surface area contributed by atoms with Gasteiger partial charge in [0.15, 0.2) is 0 Å². The highest BCUT2D eigenvalue weighted by molar-refractivity contribution is 5.93. The van der Waals surface area contributed by atoms with E-state index in [9.17, 15) is 10.1 Å². The SMILES string of the molecule is Cc1c(C#N)c(NC(=O)CN2CCOCC2)n(Cc2ccco2)c1C. The second-order valence-electron chi connectivity index (χ2n) is 6.15. The Morgan fingerprint density at radius 3 is 2.76 bits per heavy atom. The molecular weight excluding hydrogens is 320 g/mol. The summed E-state index contributed by atoms with van der Waals surface area (Å²) < 4.78 is 12.6. The van der Waals surface area contributed by atoms with Crippen molar-refractivity contribution >= 4 is 11.7 Å². The van der Waals surface area contributed by atoms with Crippen LogP contribution in [-0.2, 0) is 16.1 Å². The molecule has 1 amide bonds. The number of ether oxygens (including phenoxy) is 1. The number of hydrogen-bond donors (Lipinski definition) is 1. The fraction of sp³-hybridized carbons (Fsp3) is 0.444. The molecule has 25 heavy (non-hydrogen) atoms. The number of nitrogens with zero attached hydrogens (tertiary/aromatic N) is 3. The van der Waals surface area contributed by atoms with Crippen LogP contribution in [0.4, 0.5) is 5.82 Å². The molecule has 0 atom stereocenters. The van der Waals surface area contributed by atoms with Gasteiger partial charge in [-0.15, -0.1) is 0 Å². The summed E-state index contributed by atoms with van der Waals surface area (Å²) in [6.07, 6.45) is 1.61. The van der Waals surface area contributed by atoms with Crippen molar-refractivity contribution in [3.05, 3.63) is 41.0 Å². The number of nitriles is 1. The molecule has 0 radical (unpaired) electrons. The van der Waals surface area contributed by atoms with Crippen molar-refractivity contribution in [1.29, 1.82) is 5.26 Å². The van der Waals surface area contributed by atoms with E-state index in [-0.39, 0.29) is 12.5 Å². The average Bonchev–Trinajstić information content (AvgIpc) is 3.19. The molecule has 7 heteroatoms. The Bertz CT molecular complexity index is 780. The van der Waals surface area contributed by atoms with Crippen molar-refractivity contribution < 1.29 is 13.9 Å². The van der Waals surface area contributed by atoms with Gasteiger partial charge in [0.1, 0.15) is 17.6 Å². The first kappa shape index (κ1) is 17.3. The molecule has 0 spiro atoms. The number of nitrogens with one attached hydrogen (secondary N) is 1. The second kappa shape index (κ2) is 7.55. The number of rotatable bonds is 5. The summed E-state index contributed by atoms with van der Waals surface area (Å²) in [5.74, 6) is 1.18. The molecule has 1 N–H and O–H groups in total. The first-order chi connectivity index (χ1) is 12.1. The maximum absolute atomic E-state index is 12.5. The lowest BCUT2D eigenvalue weighted by atomic mass is 10.2. The minimum atomic E-state index is -0.128. The molecule has 132 valence electrons. The lowest BCUT2D eigenvalue weighted by molar-refractivity contribution is -0.118. The van der Waals surface area contributed by atoms with Crippen LogP contribution in [0.25, 0.3) is 0 Å². The number of amides is 1. The van der Waals surface area contributed by atoms with Gasteiger partial charge in [-0.2, -0.15) is 5.26 Å². The minimum absolute atomic E-state index is 0.128. The van der Waals surface area contributed by atoms with Gasteiger partial charge in [-0.05, 0) is 31.5 Å². The Kier molecular flexibility index (Phi) is 5.22. The van der Waals surface area contributed by atoms with Crippen LogP contribution in [0.3, 0.4) is 0 Å². The van der Waals surface area contributed by atoms with Crippen LogP contribution < -0.4 is 5.32 Å². The number of carbonyl (C=O) groups excluding carboxylic acids is 1. The molecule has 0 aliphatic carbocycles. The van der Waals surface area contributed by atoms with Gasteiger partial charge >= 0.3 is 0 Å². The molecule has 1 fully saturated rings. The highest BCUT2D eigenvalue weighted by Crippen LogP contribution is 2.27. The van der Waals surface area contributed by atoms with Crippen molar-refractivity contribution in [2.75, 3.05) is 38.2 Å². The molecule has 0 saturated carbocycles. The highest BCUT2D eigenvalue weighted by atomic mass is 16.5. The Morgan fingerprint density at radius 2 is 2.12 bits per heavy atom. The number of aromatic nitrogens is 1. The largest absolute Gasteiger partial charge is 0.467 e. The highest BCUT2D eigenvalue weighted by Gasteiger charge is 2.21. The summed E-state index contributed by atoms with van der Waals surface area (Å²) in [6.45, 7) is 7.36. The Morgan fingerprint density at radius 1 is 1.36 bits per heavy atom. The van der Waals surface area contributed by atoms with Crippen LogP contribution in [0.2, 0.25) is 0 Å². The fourth-order valence-corrected chi connectivity index (χ4v) is 3.02. The van der Waals surface area contributed by atoms with E-state index in [0.29, 0.717) is 31.1 Å². The van der Waals surface area contributed by atoms with Crippen LogP contribution in [0.1, 0.15) is 22.6 Å². The molecule has 3 rings (SSSR count). The van der Waals surface area contributed by atoms with E-state index in [2.05, 4.69) is 11.4 Å². The van der Waals surface area contributed by atoms with Crippen LogP contribution in [0.5, 0.6) is 0 Å². The summed E-state index contributed by atoms with van der Waals surface area (Å²) in [5, 5.41) is 12.5. The number of hydrogen-bond acceptors (Lipinski definition) is 5. The normalized spacial score (nSPS) is 15.1. The zero-order chi connectivity index (χ0) is 17.8. The minimum Gasteiger partial charge on any atom is -0.467 e. The average molecular weight is 342 g/mol. The molecule has 2 aromatic rings. The van der Waals surface area contributed by atoms with E-state index in [0.717, 1.165) is 30.1 Å². The van der Waals surface area contributed by atoms with Gasteiger partial charge in [0.05, 0.1) is 38.1 Å². The monoisotopic (exact) mass is 342 g/mol. The Balaban J connectivity index is 1.82. The molecule has 2 aromatic heterocycles. The third-order valence-corrected chi connectivity index (χ3v) is 4.56. The zero-order valence-electron chi connectivity index (χ0n) is 14.5. The van der Waals surface area contributed by atoms with Crippen LogP contribution in [-0.4, -0.2) is 48.2 Å². The Labute approximate surface area is 146 Å². The summed E-state index contributed by atoms with van der Waals surface area (Å²) in [6, 6.07) is 5.91. The number of morpholine rings is 1. The maximum Gasteiger partial charge on any atom is 0.239 e.